The predicted octanol–water partition coefficient (Wildman–Crippen LogP) is 3.56. The Kier molecular flexibility index (Phi) is 6.86. The van der Waals surface area contributed by atoms with E-state index >= 15 is 0 Å². The molecular weight excluding hydrogens is 506 g/mol. The summed E-state index contributed by atoms with van der Waals surface area (Å²) in [5.41, 5.74) is 2.45. The van der Waals surface area contributed by atoms with E-state index in [1.165, 1.54) is 0 Å². The Morgan fingerprint density at radius 1 is 1.13 bits per heavy atom. The van der Waals surface area contributed by atoms with Gasteiger partial charge < -0.3 is 20.3 Å². The number of carbonyl (C=O) groups excluding carboxylic acids is 1. The number of hydrogen-bond acceptors (Lipinski definition) is 8. The molecule has 11 nitrogen and oxygen atoms in total. The van der Waals surface area contributed by atoms with E-state index in [4.69, 9.17) is 14.7 Å². The van der Waals surface area contributed by atoms with E-state index in [0.29, 0.717) is 61.3 Å². The highest BCUT2D eigenvalue weighted by atomic mass is 32.2. The number of anilines is 3. The fraction of sp³-hybridized carbons (Fsp3) is 0.462. The monoisotopic (exact) mass is 539 g/mol. The van der Waals surface area contributed by atoms with E-state index in [9.17, 15) is 13.2 Å². The van der Waals surface area contributed by atoms with Crippen LogP contribution in [0.15, 0.2) is 42.7 Å². The van der Waals surface area contributed by atoms with Gasteiger partial charge in [0.2, 0.25) is 0 Å². The molecule has 2 aliphatic rings. The van der Waals surface area contributed by atoms with Crippen molar-refractivity contribution < 1.29 is 17.9 Å². The average Bonchev–Trinajstić information content (AvgIpc) is 3.62. The third kappa shape index (κ3) is 4.97. The highest BCUT2D eigenvalue weighted by Gasteiger charge is 2.58. The van der Waals surface area contributed by atoms with Crippen LogP contribution in [0, 0.1) is 0 Å². The van der Waals surface area contributed by atoms with E-state index in [1.807, 2.05) is 18.2 Å². The third-order valence-corrected chi connectivity index (χ3v) is 10.0. The molecule has 202 valence electrons. The molecule has 2 fully saturated rings. The Morgan fingerprint density at radius 3 is 2.45 bits per heavy atom. The molecule has 1 atom stereocenters. The van der Waals surface area contributed by atoms with Crippen molar-refractivity contribution in [2.75, 3.05) is 35.3 Å². The first-order chi connectivity index (χ1) is 18.1. The first-order valence-electron chi connectivity index (χ1n) is 12.7. The van der Waals surface area contributed by atoms with Crippen LogP contribution in [0.2, 0.25) is 0 Å². The third-order valence-electron chi connectivity index (χ3n) is 7.07. The molecule has 38 heavy (non-hydrogen) atoms. The van der Waals surface area contributed by atoms with Crippen LogP contribution in [0.3, 0.4) is 0 Å². The molecule has 3 heterocycles. The summed E-state index contributed by atoms with van der Waals surface area (Å²) >= 11 is 0. The zero-order valence-electron chi connectivity index (χ0n) is 22.0. The van der Waals surface area contributed by atoms with Crippen molar-refractivity contribution in [1.29, 1.82) is 0 Å². The Balaban J connectivity index is 1.45. The van der Waals surface area contributed by atoms with Crippen molar-refractivity contribution in [1.82, 2.24) is 19.7 Å². The zero-order chi connectivity index (χ0) is 27.1. The van der Waals surface area contributed by atoms with E-state index in [1.54, 1.807) is 50.1 Å². The lowest BCUT2D eigenvalue weighted by atomic mass is 10.1. The van der Waals surface area contributed by atoms with Crippen LogP contribution in [0.4, 0.5) is 22.0 Å². The standard InChI is InChI=1S/C26H33N7O4S/c1-17(2)38(35,36)26(9-10-26)22-13-23(33-11-12-37-16-18(33)3)31-24(30-22)19-5-7-20(8-6-19)28-25(34)29-21-14-27-32(4)15-21/h5-8,13-15,17-18H,9-12,16H2,1-4H3,(H2,28,29,34)/t18-/m0/s1. The summed E-state index contributed by atoms with van der Waals surface area (Å²) in [6, 6.07) is 8.73. The number of aryl methyl sites for hydroxylation is 1. The van der Waals surface area contributed by atoms with Gasteiger partial charge in [-0.3, -0.25) is 4.68 Å². The highest BCUT2D eigenvalue weighted by molar-refractivity contribution is 7.93. The number of rotatable bonds is 7. The molecule has 3 aromatic rings. The number of carbonyl (C=O) groups is 1. The normalized spacial score (nSPS) is 18.9. The topological polar surface area (TPSA) is 131 Å². The number of urea groups is 1. The van der Waals surface area contributed by atoms with E-state index in [2.05, 4.69) is 27.6 Å². The van der Waals surface area contributed by atoms with Gasteiger partial charge in [0, 0.05) is 37.1 Å². The van der Waals surface area contributed by atoms with Crippen molar-refractivity contribution in [3.05, 3.63) is 48.4 Å². The second-order valence-corrected chi connectivity index (χ2v) is 13.0. The minimum absolute atomic E-state index is 0.0983. The second-order valence-electron chi connectivity index (χ2n) is 10.2. The first kappa shape index (κ1) is 26.1. The summed E-state index contributed by atoms with van der Waals surface area (Å²) in [5.74, 6) is 1.15. The molecule has 2 amide bonds. The van der Waals surface area contributed by atoms with Gasteiger partial charge in [-0.05, 0) is 57.9 Å². The maximum absolute atomic E-state index is 13.3. The van der Waals surface area contributed by atoms with Crippen molar-refractivity contribution in [3.8, 4) is 11.4 Å². The van der Waals surface area contributed by atoms with Gasteiger partial charge >= 0.3 is 6.03 Å². The van der Waals surface area contributed by atoms with Crippen molar-refractivity contribution >= 4 is 33.1 Å². The van der Waals surface area contributed by atoms with Gasteiger partial charge in [0.05, 0.1) is 42.1 Å². The molecule has 0 bridgehead atoms. The summed E-state index contributed by atoms with van der Waals surface area (Å²) in [6.45, 7) is 7.32. The molecule has 0 radical (unpaired) electrons. The molecule has 2 aromatic heterocycles. The molecule has 1 aliphatic carbocycles. The average molecular weight is 540 g/mol. The lowest BCUT2D eigenvalue weighted by Crippen LogP contribution is -2.44. The van der Waals surface area contributed by atoms with E-state index in [-0.39, 0.29) is 12.1 Å². The zero-order valence-corrected chi connectivity index (χ0v) is 22.8. The quantitative estimate of drug-likeness (QED) is 0.466. The summed E-state index contributed by atoms with van der Waals surface area (Å²) in [5, 5.41) is 9.06. The number of aromatic nitrogens is 4. The molecule has 1 saturated carbocycles. The first-order valence-corrected chi connectivity index (χ1v) is 14.3. The van der Waals surface area contributed by atoms with Crippen LogP contribution in [0.5, 0.6) is 0 Å². The van der Waals surface area contributed by atoms with Crippen LogP contribution >= 0.6 is 0 Å². The minimum Gasteiger partial charge on any atom is -0.377 e. The van der Waals surface area contributed by atoms with Crippen LogP contribution in [0.1, 0.15) is 39.3 Å². The molecule has 0 spiro atoms. The molecule has 12 heteroatoms. The van der Waals surface area contributed by atoms with Crippen molar-refractivity contribution in [2.24, 2.45) is 7.05 Å². The van der Waals surface area contributed by atoms with Gasteiger partial charge in [0.15, 0.2) is 15.7 Å². The van der Waals surface area contributed by atoms with Gasteiger partial charge in [-0.1, -0.05) is 0 Å². The Labute approximate surface area is 222 Å². The molecule has 2 N–H and O–H groups in total. The van der Waals surface area contributed by atoms with Gasteiger partial charge in [-0.15, -0.1) is 0 Å². The van der Waals surface area contributed by atoms with Gasteiger partial charge in [0.25, 0.3) is 0 Å². The van der Waals surface area contributed by atoms with Crippen LogP contribution < -0.4 is 15.5 Å². The molecule has 1 aromatic carbocycles. The van der Waals surface area contributed by atoms with E-state index < -0.39 is 19.8 Å². The number of benzene rings is 1. The predicted molar refractivity (Wildman–Crippen MR) is 146 cm³/mol. The number of nitrogens with zero attached hydrogens (tertiary/aromatic N) is 5. The molecular formula is C26H33N7O4S. The number of morpholine rings is 1. The van der Waals surface area contributed by atoms with Crippen molar-refractivity contribution in [3.63, 3.8) is 0 Å². The number of amides is 2. The summed E-state index contributed by atoms with van der Waals surface area (Å²) < 4.78 is 32.9. The lowest BCUT2D eigenvalue weighted by molar-refractivity contribution is 0.0985. The van der Waals surface area contributed by atoms with Crippen LogP contribution in [-0.4, -0.2) is 65.2 Å². The molecule has 5 rings (SSSR count). The molecule has 1 saturated heterocycles. The maximum atomic E-state index is 13.3. The minimum atomic E-state index is -3.42. The maximum Gasteiger partial charge on any atom is 0.323 e. The van der Waals surface area contributed by atoms with Crippen LogP contribution in [0.25, 0.3) is 11.4 Å². The second kappa shape index (κ2) is 9.99. The number of hydrogen-bond donors (Lipinski definition) is 2. The Morgan fingerprint density at radius 2 is 1.84 bits per heavy atom. The number of nitrogens with one attached hydrogen (secondary N) is 2. The SMILES string of the molecule is CC(C)S(=O)(=O)C1(c2cc(N3CCOC[C@@H]3C)nc(-c3ccc(NC(=O)Nc4cnn(C)c4)cc3)n2)CC1. The van der Waals surface area contributed by atoms with E-state index in [0.717, 1.165) is 5.56 Å². The number of sulfone groups is 1. The summed E-state index contributed by atoms with van der Waals surface area (Å²) in [7, 11) is -1.65. The largest absolute Gasteiger partial charge is 0.377 e. The van der Waals surface area contributed by atoms with Crippen LogP contribution in [-0.2, 0) is 26.4 Å². The molecule has 0 unspecified atom stereocenters. The lowest BCUT2D eigenvalue weighted by Gasteiger charge is -2.35. The fourth-order valence-corrected chi connectivity index (χ4v) is 6.71. The Bertz CT molecular complexity index is 1430. The van der Waals surface area contributed by atoms with Gasteiger partial charge in [0.1, 0.15) is 10.6 Å². The van der Waals surface area contributed by atoms with Gasteiger partial charge in [-0.2, -0.15) is 5.10 Å². The molecule has 1 aliphatic heterocycles. The highest BCUT2D eigenvalue weighted by Crippen LogP contribution is 2.54. The van der Waals surface area contributed by atoms with Crippen molar-refractivity contribution in [2.45, 2.75) is 49.7 Å². The van der Waals surface area contributed by atoms with Gasteiger partial charge in [-0.25, -0.2) is 23.2 Å². The number of ether oxygens (including phenoxy) is 1. The summed E-state index contributed by atoms with van der Waals surface area (Å²) in [4.78, 5) is 24.1. The smallest absolute Gasteiger partial charge is 0.323 e. The fourth-order valence-electron chi connectivity index (χ4n) is 4.74. The Hall–Kier alpha value is -3.51. The summed E-state index contributed by atoms with van der Waals surface area (Å²) in [6.07, 6.45) is 4.37.